The second kappa shape index (κ2) is 12.2. The van der Waals surface area contributed by atoms with Gasteiger partial charge in [-0.1, -0.05) is 128 Å². The molecule has 4 rings (SSSR count). The Morgan fingerprint density at radius 3 is 1.14 bits per heavy atom. The van der Waals surface area contributed by atoms with Crippen molar-refractivity contribution in [2.45, 2.75) is 6.92 Å². The van der Waals surface area contributed by atoms with Gasteiger partial charge in [0.1, 0.15) is 6.15 Å². The third kappa shape index (κ3) is 6.62. The maximum Gasteiger partial charge on any atom is 0.337 e. The number of nitrogens with zero attached hydrogens (tertiary/aromatic N) is 1. The van der Waals surface area contributed by atoms with Gasteiger partial charge >= 0.3 is 5.97 Å². The van der Waals surface area contributed by atoms with E-state index < -0.39 is 6.15 Å². The lowest BCUT2D eigenvalue weighted by atomic mass is 9.13. The fourth-order valence-electron chi connectivity index (χ4n) is 4.50. The number of carbonyl (C=O) groups excluding carboxylic acids is 1. The van der Waals surface area contributed by atoms with Gasteiger partial charge in [0, 0.05) is 5.57 Å². The summed E-state index contributed by atoms with van der Waals surface area (Å²) >= 11 is 0. The summed E-state index contributed by atoms with van der Waals surface area (Å²) in [7, 11) is 5.85. The molecule has 0 unspecified atom stereocenters. The molecule has 0 saturated carbocycles. The highest BCUT2D eigenvalue weighted by atomic mass is 16.5. The van der Waals surface area contributed by atoms with Crippen LogP contribution in [0.3, 0.4) is 0 Å². The van der Waals surface area contributed by atoms with Crippen molar-refractivity contribution in [2.24, 2.45) is 0 Å². The Hall–Kier alpha value is -3.89. The Labute approximate surface area is 216 Å². The van der Waals surface area contributed by atoms with Crippen molar-refractivity contribution in [2.75, 3.05) is 27.9 Å². The second-order valence-corrected chi connectivity index (χ2v) is 10.1. The van der Waals surface area contributed by atoms with E-state index in [1.165, 1.54) is 21.9 Å². The Morgan fingerprint density at radius 2 is 0.917 bits per heavy atom. The van der Waals surface area contributed by atoms with Crippen LogP contribution in [0.15, 0.2) is 133 Å². The summed E-state index contributed by atoms with van der Waals surface area (Å²) in [6, 6.07) is 43.5. The molecule has 0 aliphatic heterocycles. The maximum atomic E-state index is 10.9. The van der Waals surface area contributed by atoms with Crippen molar-refractivity contribution >= 4 is 34.0 Å². The highest BCUT2D eigenvalue weighted by molar-refractivity contribution is 7.19. The first-order valence-corrected chi connectivity index (χ1v) is 12.3. The monoisotopic (exact) mass is 477 g/mol. The molecule has 0 radical (unpaired) electrons. The topological polar surface area (TPSA) is 26.3 Å². The smallest absolute Gasteiger partial charge is 0.337 e. The van der Waals surface area contributed by atoms with Crippen LogP contribution < -0.4 is 21.9 Å². The second-order valence-electron chi connectivity index (χ2n) is 10.1. The number of benzene rings is 4. The number of hydrogen-bond acceptors (Lipinski definition) is 2. The van der Waals surface area contributed by atoms with E-state index in [-0.39, 0.29) is 5.97 Å². The molecular weight excluding hydrogens is 441 g/mol. The molecule has 36 heavy (non-hydrogen) atoms. The lowest BCUT2D eigenvalue weighted by Gasteiger charge is -2.44. The van der Waals surface area contributed by atoms with Gasteiger partial charge in [-0.15, -0.1) is 0 Å². The van der Waals surface area contributed by atoms with Crippen LogP contribution in [0.25, 0.3) is 0 Å². The molecule has 184 valence electrons. The van der Waals surface area contributed by atoms with Crippen LogP contribution in [0.5, 0.6) is 0 Å². The third-order valence-corrected chi connectivity index (χ3v) is 6.13. The molecule has 0 fully saturated rings. The van der Waals surface area contributed by atoms with Crippen LogP contribution in [0.2, 0.25) is 0 Å². The molecule has 0 aliphatic carbocycles. The molecule has 0 spiro atoms. The fourth-order valence-corrected chi connectivity index (χ4v) is 4.50. The molecule has 0 atom stereocenters. The van der Waals surface area contributed by atoms with E-state index in [1.54, 1.807) is 6.92 Å². The molecule has 0 bridgehead atoms. The molecule has 4 heteroatoms. The van der Waals surface area contributed by atoms with Crippen molar-refractivity contribution in [1.29, 1.82) is 0 Å². The molecule has 0 heterocycles. The van der Waals surface area contributed by atoms with Gasteiger partial charge in [0.2, 0.25) is 6.73 Å². The third-order valence-electron chi connectivity index (χ3n) is 6.13. The lowest BCUT2D eigenvalue weighted by Crippen LogP contribution is -2.74. The van der Waals surface area contributed by atoms with Crippen LogP contribution in [-0.2, 0) is 9.53 Å². The number of carbonyl (C=O) groups is 1. The van der Waals surface area contributed by atoms with Gasteiger partial charge in [0.25, 0.3) is 0 Å². The maximum absolute atomic E-state index is 10.9. The Bertz CT molecular complexity index is 1070. The predicted octanol–water partition coefficient (Wildman–Crippen LogP) is 3.83. The average Bonchev–Trinajstić information content (AvgIpc) is 2.90. The quantitative estimate of drug-likeness (QED) is 0.133. The SMILES string of the molecule is C=C(C)C(=O)OC[N+](C)(C)C.c1ccc([B-](c2ccccc2)(c2ccccc2)c2ccccc2)cc1. The average molecular weight is 477 g/mol. The molecule has 0 aromatic heterocycles. The Kier molecular flexibility index (Phi) is 9.05. The first-order chi connectivity index (χ1) is 17.2. The van der Waals surface area contributed by atoms with Crippen molar-refractivity contribution in [3.05, 3.63) is 133 Å². The van der Waals surface area contributed by atoms with Gasteiger partial charge in [-0.3, -0.25) is 4.48 Å². The minimum absolute atomic E-state index is 0.321. The lowest BCUT2D eigenvalue weighted by molar-refractivity contribution is -0.888. The minimum atomic E-state index is -1.22. The molecule has 0 aliphatic rings. The molecule has 4 aromatic rings. The summed E-state index contributed by atoms with van der Waals surface area (Å²) in [4.78, 5) is 10.9. The summed E-state index contributed by atoms with van der Waals surface area (Å²) in [5.41, 5.74) is 5.80. The molecule has 3 nitrogen and oxygen atoms in total. The molecule has 0 N–H and O–H groups in total. The number of esters is 1. The zero-order chi connectivity index (χ0) is 26.0. The van der Waals surface area contributed by atoms with Gasteiger partial charge in [0.15, 0.2) is 0 Å². The van der Waals surface area contributed by atoms with E-state index in [1.807, 2.05) is 21.1 Å². The van der Waals surface area contributed by atoms with Gasteiger partial charge in [-0.2, -0.15) is 21.9 Å². The van der Waals surface area contributed by atoms with Gasteiger partial charge in [-0.25, -0.2) is 4.79 Å². The molecule has 0 saturated heterocycles. The van der Waals surface area contributed by atoms with E-state index in [2.05, 4.69) is 128 Å². The molecular formula is C32H36BNO2. The highest BCUT2D eigenvalue weighted by Crippen LogP contribution is 2.09. The minimum Gasteiger partial charge on any atom is -0.412 e. The largest absolute Gasteiger partial charge is 0.412 e. The molecule has 4 aromatic carbocycles. The number of rotatable bonds is 7. The van der Waals surface area contributed by atoms with Gasteiger partial charge in [-0.05, 0) is 6.92 Å². The van der Waals surface area contributed by atoms with Crippen molar-refractivity contribution in [3.8, 4) is 0 Å². The highest BCUT2D eigenvalue weighted by Gasteiger charge is 2.31. The number of ether oxygens (including phenoxy) is 1. The normalized spacial score (nSPS) is 11.1. The van der Waals surface area contributed by atoms with Gasteiger partial charge in [0.05, 0.1) is 21.1 Å². The van der Waals surface area contributed by atoms with E-state index in [0.29, 0.717) is 16.8 Å². The zero-order valence-electron chi connectivity index (χ0n) is 21.8. The Morgan fingerprint density at radius 1 is 0.639 bits per heavy atom. The van der Waals surface area contributed by atoms with E-state index in [9.17, 15) is 4.79 Å². The number of hydrogen-bond donors (Lipinski definition) is 0. The van der Waals surface area contributed by atoms with Crippen LogP contribution in [-0.4, -0.2) is 44.5 Å². The fraction of sp³-hybridized carbons (Fsp3) is 0.156. The summed E-state index contributed by atoms with van der Waals surface area (Å²) in [6.45, 7) is 5.49. The van der Waals surface area contributed by atoms with Gasteiger partial charge < -0.3 is 4.74 Å². The van der Waals surface area contributed by atoms with E-state index >= 15 is 0 Å². The van der Waals surface area contributed by atoms with Crippen LogP contribution in [0, 0.1) is 0 Å². The van der Waals surface area contributed by atoms with Crippen LogP contribution >= 0.6 is 0 Å². The summed E-state index contributed by atoms with van der Waals surface area (Å²) in [5, 5.41) is 0. The van der Waals surface area contributed by atoms with E-state index in [0.717, 1.165) is 0 Å². The predicted molar refractivity (Wildman–Crippen MR) is 154 cm³/mol. The molecule has 0 amide bonds. The zero-order valence-corrected chi connectivity index (χ0v) is 21.8. The standard InChI is InChI=1S/C24H20B.C8H16NO2/c1-5-13-21(14-6-1)25(22-15-7-2-8-16-22,23-17-9-3-10-18-23)24-19-11-4-12-20-24;1-7(2)8(10)11-6-9(3,4)5/h1-20H;1,6H2,2-5H3/q-1;+1. The summed E-state index contributed by atoms with van der Waals surface area (Å²) in [6.07, 6.45) is -1.22. The number of quaternary nitrogens is 1. The van der Waals surface area contributed by atoms with E-state index in [4.69, 9.17) is 4.74 Å². The summed E-state index contributed by atoms with van der Waals surface area (Å²) in [5.74, 6) is -0.321. The van der Waals surface area contributed by atoms with Crippen molar-refractivity contribution in [3.63, 3.8) is 0 Å². The first-order valence-electron chi connectivity index (χ1n) is 12.3. The van der Waals surface area contributed by atoms with Crippen LogP contribution in [0.4, 0.5) is 0 Å². The van der Waals surface area contributed by atoms with Crippen molar-refractivity contribution < 1.29 is 14.0 Å². The van der Waals surface area contributed by atoms with Crippen molar-refractivity contribution in [1.82, 2.24) is 0 Å². The first kappa shape index (κ1) is 26.7. The van der Waals surface area contributed by atoms with Crippen LogP contribution in [0.1, 0.15) is 6.92 Å². The summed E-state index contributed by atoms with van der Waals surface area (Å²) < 4.78 is 5.51. The Balaban J connectivity index is 0.000000280.